The molecule has 0 spiro atoms. The zero-order chi connectivity index (χ0) is 20.7. The number of hydrogen-bond donors (Lipinski definition) is 5. The Kier molecular flexibility index (Phi) is 9.00. The highest BCUT2D eigenvalue weighted by atomic mass is 16.5. The number of nitrogens with two attached hydrogens (primary N) is 2. The molecule has 9 heteroatoms. The fourth-order valence-corrected chi connectivity index (χ4v) is 3.79. The summed E-state index contributed by atoms with van der Waals surface area (Å²) in [6.07, 6.45) is 3.27. The normalized spacial score (nSPS) is 27.2. The Morgan fingerprint density at radius 2 is 2.00 bits per heavy atom. The highest BCUT2D eigenvalue weighted by Crippen LogP contribution is 2.20. The molecule has 0 aliphatic carbocycles. The molecule has 2 aliphatic rings. The Balaban J connectivity index is 2.03. The summed E-state index contributed by atoms with van der Waals surface area (Å²) in [4.78, 5) is 14.6. The van der Waals surface area contributed by atoms with E-state index in [1.165, 1.54) is 6.08 Å². The van der Waals surface area contributed by atoms with Gasteiger partial charge in [-0.15, -0.1) is 0 Å². The van der Waals surface area contributed by atoms with E-state index in [9.17, 15) is 4.79 Å². The molecule has 4 atom stereocenters. The molecule has 2 rings (SSSR count). The molecular weight excluding hydrogens is 360 g/mol. The third-order valence-electron chi connectivity index (χ3n) is 5.27. The Morgan fingerprint density at radius 3 is 2.57 bits per heavy atom. The lowest BCUT2D eigenvalue weighted by Crippen LogP contribution is -2.60. The highest BCUT2D eigenvalue weighted by molar-refractivity contribution is 6.02. The molecule has 0 saturated carbocycles. The van der Waals surface area contributed by atoms with Crippen molar-refractivity contribution in [2.75, 3.05) is 33.4 Å². The molecule has 2 heterocycles. The van der Waals surface area contributed by atoms with E-state index in [1.54, 1.807) is 21.0 Å². The molecule has 0 radical (unpaired) electrons. The van der Waals surface area contributed by atoms with Gasteiger partial charge in [-0.3, -0.25) is 9.69 Å². The minimum atomic E-state index is -0.624. The van der Waals surface area contributed by atoms with Gasteiger partial charge in [-0.1, -0.05) is 0 Å². The van der Waals surface area contributed by atoms with Crippen molar-refractivity contribution < 1.29 is 14.3 Å². The van der Waals surface area contributed by atoms with E-state index >= 15 is 0 Å². The summed E-state index contributed by atoms with van der Waals surface area (Å²) in [5.74, 6) is -0.342. The summed E-state index contributed by atoms with van der Waals surface area (Å²) in [5.41, 5.74) is 12.7. The minimum absolute atomic E-state index is 0.0264. The van der Waals surface area contributed by atoms with Crippen LogP contribution in [0.5, 0.6) is 0 Å². The van der Waals surface area contributed by atoms with Crippen LogP contribution in [0.4, 0.5) is 0 Å². The van der Waals surface area contributed by atoms with Gasteiger partial charge < -0.3 is 37.0 Å². The number of hydrogen-bond acceptors (Lipinski definition) is 8. The summed E-state index contributed by atoms with van der Waals surface area (Å²) in [7, 11) is 1.71. The zero-order valence-corrected chi connectivity index (χ0v) is 17.2. The third-order valence-corrected chi connectivity index (χ3v) is 5.27. The molecule has 1 amide bonds. The average Bonchev–Trinajstić information content (AvgIpc) is 2.66. The lowest BCUT2D eigenvalue weighted by atomic mass is 9.97. The summed E-state index contributed by atoms with van der Waals surface area (Å²) in [5, 5.41) is 14.1. The summed E-state index contributed by atoms with van der Waals surface area (Å²) < 4.78 is 11.2. The molecule has 0 aromatic carbocycles. The van der Waals surface area contributed by atoms with Gasteiger partial charge in [0.25, 0.3) is 5.91 Å². The van der Waals surface area contributed by atoms with Crippen LogP contribution in [0.3, 0.4) is 0 Å². The van der Waals surface area contributed by atoms with Crippen molar-refractivity contribution in [3.05, 3.63) is 11.6 Å². The van der Waals surface area contributed by atoms with Crippen LogP contribution in [0.25, 0.3) is 0 Å². The number of carbonyl (C=O) groups is 1. The van der Waals surface area contributed by atoms with Crippen LogP contribution < -0.4 is 22.1 Å². The van der Waals surface area contributed by atoms with Crippen LogP contribution in [0.1, 0.15) is 33.1 Å². The quantitative estimate of drug-likeness (QED) is 0.212. The lowest BCUT2D eigenvalue weighted by Gasteiger charge is -2.42. The largest absolute Gasteiger partial charge is 0.381 e. The Hall–Kier alpha value is -1.36. The monoisotopic (exact) mass is 396 g/mol. The molecule has 0 aromatic rings. The summed E-state index contributed by atoms with van der Waals surface area (Å²) >= 11 is 0. The first-order valence-electron chi connectivity index (χ1n) is 10.0. The maximum absolute atomic E-state index is 12.5. The highest BCUT2D eigenvalue weighted by Gasteiger charge is 2.35. The molecular formula is C19H36N6O3. The van der Waals surface area contributed by atoms with Crippen molar-refractivity contribution in [2.24, 2.45) is 11.5 Å². The molecule has 7 N–H and O–H groups in total. The number of likely N-dealkylation sites (tertiary alicyclic amines) is 1. The van der Waals surface area contributed by atoms with Crippen LogP contribution in [0.2, 0.25) is 0 Å². The molecule has 0 bridgehead atoms. The smallest absolute Gasteiger partial charge is 0.251 e. The number of ether oxygens (including phenoxy) is 2. The van der Waals surface area contributed by atoms with Gasteiger partial charge in [-0.05, 0) is 39.2 Å². The predicted octanol–water partition coefficient (Wildman–Crippen LogP) is -0.484. The first-order chi connectivity index (χ1) is 13.3. The minimum Gasteiger partial charge on any atom is -0.381 e. The van der Waals surface area contributed by atoms with Crippen molar-refractivity contribution in [1.82, 2.24) is 15.5 Å². The lowest BCUT2D eigenvalue weighted by molar-refractivity contribution is -0.119. The summed E-state index contributed by atoms with van der Waals surface area (Å²) in [6.45, 7) is 6.25. The van der Waals surface area contributed by atoms with Crippen LogP contribution in [0.15, 0.2) is 11.6 Å². The van der Waals surface area contributed by atoms with Gasteiger partial charge in [-0.25, -0.2) is 0 Å². The van der Waals surface area contributed by atoms with Gasteiger partial charge in [0.05, 0.1) is 24.0 Å². The van der Waals surface area contributed by atoms with Gasteiger partial charge >= 0.3 is 0 Å². The molecule has 9 nitrogen and oxygen atoms in total. The van der Waals surface area contributed by atoms with Crippen molar-refractivity contribution in [3.63, 3.8) is 0 Å². The first-order valence-corrected chi connectivity index (χ1v) is 10.0. The van der Waals surface area contributed by atoms with Crippen molar-refractivity contribution in [3.8, 4) is 0 Å². The number of carbonyl (C=O) groups excluding carboxylic acids is 1. The molecule has 2 aliphatic heterocycles. The van der Waals surface area contributed by atoms with Gasteiger partial charge in [0, 0.05) is 51.2 Å². The van der Waals surface area contributed by atoms with Crippen molar-refractivity contribution in [1.29, 1.82) is 5.41 Å². The average molecular weight is 397 g/mol. The SMILES string of the molecule is CO[C@H]1CN(C(N)/C(=C\C(C)=N)C(=O)NC(C)N)CCC1NC1CCOCC1. The van der Waals surface area contributed by atoms with Gasteiger partial charge in [-0.2, -0.15) is 0 Å². The number of amides is 1. The second-order valence-electron chi connectivity index (χ2n) is 7.71. The number of nitrogens with one attached hydrogen (secondary N) is 3. The Morgan fingerprint density at radius 1 is 1.32 bits per heavy atom. The van der Waals surface area contributed by atoms with E-state index in [1.807, 2.05) is 4.90 Å². The van der Waals surface area contributed by atoms with Crippen LogP contribution in [-0.4, -0.2) is 80.5 Å². The molecule has 28 heavy (non-hydrogen) atoms. The zero-order valence-electron chi connectivity index (χ0n) is 17.2. The third kappa shape index (κ3) is 6.61. The van der Waals surface area contributed by atoms with Gasteiger partial charge in [0.1, 0.15) is 0 Å². The van der Waals surface area contributed by atoms with E-state index in [2.05, 4.69) is 10.6 Å². The molecule has 2 saturated heterocycles. The number of rotatable bonds is 8. The van der Waals surface area contributed by atoms with E-state index in [0.29, 0.717) is 18.2 Å². The number of methoxy groups -OCH3 is 1. The topological polar surface area (TPSA) is 139 Å². The first kappa shape index (κ1) is 22.9. The number of piperidine rings is 1. The fourth-order valence-electron chi connectivity index (χ4n) is 3.79. The van der Waals surface area contributed by atoms with E-state index in [0.717, 1.165) is 39.0 Å². The second-order valence-corrected chi connectivity index (χ2v) is 7.71. The van der Waals surface area contributed by atoms with Gasteiger partial charge in [0.15, 0.2) is 0 Å². The predicted molar refractivity (Wildman–Crippen MR) is 109 cm³/mol. The van der Waals surface area contributed by atoms with Crippen LogP contribution >= 0.6 is 0 Å². The standard InChI is InChI=1S/C19H36N6O3/c1-12(20)10-15(19(26)23-13(2)21)18(22)25-7-4-16(17(11-25)27-3)24-14-5-8-28-9-6-14/h10,13-14,16-18,20,24H,4-9,11,21-22H2,1-3H3,(H,23,26)/b15-10+,20-12?/t13?,16?,17-,18?/m0/s1. The fraction of sp³-hybridized carbons (Fsp3) is 0.789. The maximum atomic E-state index is 12.5. The number of nitrogens with zero attached hydrogens (tertiary/aromatic N) is 1. The maximum Gasteiger partial charge on any atom is 0.251 e. The Bertz CT molecular complexity index is 562. The second kappa shape index (κ2) is 11.0. The molecule has 3 unspecified atom stereocenters. The van der Waals surface area contributed by atoms with Crippen LogP contribution in [0, 0.1) is 5.41 Å². The molecule has 0 aromatic heterocycles. The van der Waals surface area contributed by atoms with E-state index in [-0.39, 0.29) is 23.8 Å². The summed E-state index contributed by atoms with van der Waals surface area (Å²) in [6, 6.07) is 0.691. The van der Waals surface area contributed by atoms with E-state index in [4.69, 9.17) is 26.4 Å². The number of allylic oxidation sites excluding steroid dienone is 1. The van der Waals surface area contributed by atoms with E-state index < -0.39 is 12.3 Å². The van der Waals surface area contributed by atoms with Gasteiger partial charge in [0.2, 0.25) is 0 Å². The van der Waals surface area contributed by atoms with Crippen molar-refractivity contribution >= 4 is 11.6 Å². The Labute approximate surface area is 167 Å². The molecule has 160 valence electrons. The van der Waals surface area contributed by atoms with Crippen molar-refractivity contribution in [2.45, 2.75) is 63.6 Å². The molecule has 2 fully saturated rings. The van der Waals surface area contributed by atoms with Crippen LogP contribution in [-0.2, 0) is 14.3 Å².